The number of rotatable bonds is 6. The summed E-state index contributed by atoms with van der Waals surface area (Å²) in [5.74, 6) is 0.0903. The van der Waals surface area contributed by atoms with Crippen molar-refractivity contribution in [3.63, 3.8) is 0 Å². The summed E-state index contributed by atoms with van der Waals surface area (Å²) in [5, 5.41) is 6.44. The molecule has 2 fully saturated rings. The number of nitrogens with one attached hydrogen (secondary N) is 2. The number of hydrogen-bond donors (Lipinski definition) is 2. The normalized spacial score (nSPS) is 29.8. The van der Waals surface area contributed by atoms with Crippen LogP contribution in [0.3, 0.4) is 0 Å². The largest absolute Gasteiger partial charge is 0.381 e. The topological polar surface area (TPSA) is 59.6 Å². The van der Waals surface area contributed by atoms with Gasteiger partial charge in [-0.1, -0.05) is 13.8 Å². The zero-order chi connectivity index (χ0) is 14.6. The second-order valence-corrected chi connectivity index (χ2v) is 6.39. The number of carbonyl (C=O) groups excluding carboxylic acids is 1. The van der Waals surface area contributed by atoms with Crippen molar-refractivity contribution in [1.82, 2.24) is 10.6 Å². The Morgan fingerprint density at radius 3 is 2.65 bits per heavy atom. The van der Waals surface area contributed by atoms with Gasteiger partial charge >= 0.3 is 0 Å². The molecule has 2 rings (SSSR count). The first-order valence-electron chi connectivity index (χ1n) is 7.76. The highest BCUT2D eigenvalue weighted by molar-refractivity contribution is 5.78. The first-order valence-corrected chi connectivity index (χ1v) is 7.76. The molecule has 0 bridgehead atoms. The van der Waals surface area contributed by atoms with E-state index in [0.717, 1.165) is 39.1 Å². The van der Waals surface area contributed by atoms with Crippen LogP contribution in [0.2, 0.25) is 0 Å². The van der Waals surface area contributed by atoms with Crippen LogP contribution in [-0.2, 0) is 14.3 Å². The molecule has 2 aliphatic rings. The summed E-state index contributed by atoms with van der Waals surface area (Å²) in [4.78, 5) is 11.9. The first-order chi connectivity index (χ1) is 9.54. The average Bonchev–Trinajstić information content (AvgIpc) is 2.43. The van der Waals surface area contributed by atoms with Crippen LogP contribution in [0, 0.1) is 5.41 Å². The summed E-state index contributed by atoms with van der Waals surface area (Å²) < 4.78 is 11.0. The van der Waals surface area contributed by atoms with Crippen molar-refractivity contribution >= 4 is 5.91 Å². The van der Waals surface area contributed by atoms with Crippen molar-refractivity contribution in [2.24, 2.45) is 5.41 Å². The van der Waals surface area contributed by atoms with E-state index in [1.54, 1.807) is 0 Å². The van der Waals surface area contributed by atoms with E-state index in [1.165, 1.54) is 0 Å². The molecule has 1 aliphatic heterocycles. The number of carbonyl (C=O) groups is 1. The molecule has 2 unspecified atom stereocenters. The van der Waals surface area contributed by atoms with Gasteiger partial charge in [-0.25, -0.2) is 0 Å². The Bertz CT molecular complexity index is 327. The number of ether oxygens (including phenoxy) is 2. The summed E-state index contributed by atoms with van der Waals surface area (Å²) in [6.07, 6.45) is 3.15. The Morgan fingerprint density at radius 1 is 1.35 bits per heavy atom. The first kappa shape index (κ1) is 15.7. The Balaban J connectivity index is 1.66. The molecule has 0 aromatic rings. The second kappa shape index (κ2) is 6.87. The van der Waals surface area contributed by atoms with E-state index in [1.807, 2.05) is 6.92 Å². The Kier molecular flexibility index (Phi) is 5.41. The molecular weight excluding hydrogens is 256 g/mol. The van der Waals surface area contributed by atoms with Crippen molar-refractivity contribution in [2.45, 2.75) is 58.2 Å². The van der Waals surface area contributed by atoms with Crippen LogP contribution in [0.15, 0.2) is 0 Å². The van der Waals surface area contributed by atoms with Gasteiger partial charge in [0.05, 0.1) is 12.6 Å². The highest BCUT2D eigenvalue weighted by atomic mass is 16.5. The third-order valence-electron chi connectivity index (χ3n) is 4.64. The zero-order valence-electron chi connectivity index (χ0n) is 12.9. The molecule has 0 spiro atoms. The monoisotopic (exact) mass is 284 g/mol. The number of amides is 1. The van der Waals surface area contributed by atoms with Crippen LogP contribution < -0.4 is 10.6 Å². The maximum absolute atomic E-state index is 11.9. The molecule has 2 N–H and O–H groups in total. The maximum Gasteiger partial charge on any atom is 0.234 e. The molecule has 1 aliphatic carbocycles. The van der Waals surface area contributed by atoms with Crippen LogP contribution >= 0.6 is 0 Å². The van der Waals surface area contributed by atoms with E-state index in [-0.39, 0.29) is 17.4 Å². The van der Waals surface area contributed by atoms with E-state index >= 15 is 0 Å². The quantitative estimate of drug-likeness (QED) is 0.766. The third-order valence-corrected chi connectivity index (χ3v) is 4.64. The molecule has 5 heteroatoms. The van der Waals surface area contributed by atoms with Crippen molar-refractivity contribution < 1.29 is 14.3 Å². The van der Waals surface area contributed by atoms with E-state index in [2.05, 4.69) is 24.5 Å². The minimum atomic E-state index is 0.0903. The lowest BCUT2D eigenvalue weighted by molar-refractivity contribution is -0.127. The zero-order valence-corrected chi connectivity index (χ0v) is 12.9. The van der Waals surface area contributed by atoms with Crippen LogP contribution in [0.4, 0.5) is 0 Å². The lowest BCUT2D eigenvalue weighted by Crippen LogP contribution is -2.62. The van der Waals surface area contributed by atoms with Crippen molar-refractivity contribution in [3.8, 4) is 0 Å². The molecule has 0 aromatic carbocycles. The van der Waals surface area contributed by atoms with Crippen molar-refractivity contribution in [1.29, 1.82) is 0 Å². The predicted octanol–water partition coefficient (Wildman–Crippen LogP) is 1.07. The SMILES string of the molecule is CCOC1CC(NCC(=O)NC2CCOCC2)C1(C)C. The molecule has 1 heterocycles. The Morgan fingerprint density at radius 2 is 2.05 bits per heavy atom. The van der Waals surface area contributed by atoms with Crippen LogP contribution in [0.1, 0.15) is 40.0 Å². The predicted molar refractivity (Wildman–Crippen MR) is 77.6 cm³/mol. The number of hydrogen-bond acceptors (Lipinski definition) is 4. The Hall–Kier alpha value is -0.650. The van der Waals surface area contributed by atoms with Gasteiger partial charge in [0.25, 0.3) is 0 Å². The highest BCUT2D eigenvalue weighted by Gasteiger charge is 2.48. The summed E-state index contributed by atoms with van der Waals surface area (Å²) in [6, 6.07) is 0.642. The Labute approximate surface area is 121 Å². The van der Waals surface area contributed by atoms with Gasteiger partial charge < -0.3 is 20.1 Å². The van der Waals surface area contributed by atoms with E-state index in [9.17, 15) is 4.79 Å². The smallest absolute Gasteiger partial charge is 0.234 e. The molecule has 1 amide bonds. The van der Waals surface area contributed by atoms with E-state index in [0.29, 0.717) is 18.7 Å². The fourth-order valence-corrected chi connectivity index (χ4v) is 3.05. The van der Waals surface area contributed by atoms with Gasteiger partial charge in [-0.15, -0.1) is 0 Å². The van der Waals surface area contributed by atoms with Crippen LogP contribution in [-0.4, -0.2) is 50.5 Å². The minimum Gasteiger partial charge on any atom is -0.381 e. The molecule has 1 saturated heterocycles. The summed E-state index contributed by atoms with van der Waals surface area (Å²) in [6.45, 7) is 9.08. The third kappa shape index (κ3) is 3.71. The molecular formula is C15H28N2O3. The van der Waals surface area contributed by atoms with Crippen LogP contribution in [0.5, 0.6) is 0 Å². The highest BCUT2D eigenvalue weighted by Crippen LogP contribution is 2.42. The lowest BCUT2D eigenvalue weighted by atomic mass is 9.64. The van der Waals surface area contributed by atoms with E-state index < -0.39 is 0 Å². The fraction of sp³-hybridized carbons (Fsp3) is 0.933. The molecule has 5 nitrogen and oxygen atoms in total. The van der Waals surface area contributed by atoms with Gasteiger partial charge in [0, 0.05) is 37.3 Å². The van der Waals surface area contributed by atoms with Crippen LogP contribution in [0.25, 0.3) is 0 Å². The molecule has 116 valence electrons. The molecule has 0 radical (unpaired) electrons. The standard InChI is InChI=1S/C15H28N2O3/c1-4-20-13-9-12(15(13,2)3)16-10-14(18)17-11-5-7-19-8-6-11/h11-13,16H,4-10H2,1-3H3,(H,17,18). The molecule has 0 aromatic heterocycles. The molecule has 20 heavy (non-hydrogen) atoms. The van der Waals surface area contributed by atoms with E-state index in [4.69, 9.17) is 9.47 Å². The van der Waals surface area contributed by atoms with Gasteiger partial charge in [0.2, 0.25) is 5.91 Å². The van der Waals surface area contributed by atoms with Gasteiger partial charge in [0.15, 0.2) is 0 Å². The van der Waals surface area contributed by atoms with Gasteiger partial charge in [-0.2, -0.15) is 0 Å². The van der Waals surface area contributed by atoms with Crippen molar-refractivity contribution in [2.75, 3.05) is 26.4 Å². The fourth-order valence-electron chi connectivity index (χ4n) is 3.05. The average molecular weight is 284 g/mol. The summed E-state index contributed by atoms with van der Waals surface area (Å²) >= 11 is 0. The summed E-state index contributed by atoms with van der Waals surface area (Å²) in [5.41, 5.74) is 0.106. The molecule has 2 atom stereocenters. The second-order valence-electron chi connectivity index (χ2n) is 6.39. The lowest BCUT2D eigenvalue weighted by Gasteiger charge is -2.51. The summed E-state index contributed by atoms with van der Waals surface area (Å²) in [7, 11) is 0. The van der Waals surface area contributed by atoms with Crippen molar-refractivity contribution in [3.05, 3.63) is 0 Å². The maximum atomic E-state index is 11.9. The van der Waals surface area contributed by atoms with Gasteiger partial charge in [0.1, 0.15) is 0 Å². The molecule has 1 saturated carbocycles. The minimum absolute atomic E-state index is 0.0903. The van der Waals surface area contributed by atoms with Gasteiger partial charge in [-0.05, 0) is 26.2 Å². The van der Waals surface area contributed by atoms with Gasteiger partial charge in [-0.3, -0.25) is 4.79 Å².